The summed E-state index contributed by atoms with van der Waals surface area (Å²) in [5.41, 5.74) is 6.47. The predicted octanol–water partition coefficient (Wildman–Crippen LogP) is 4.02. The Labute approximate surface area is 141 Å². The molecule has 0 amide bonds. The molecule has 2 aromatic carbocycles. The molecule has 0 aliphatic carbocycles. The van der Waals surface area contributed by atoms with Crippen LogP contribution >= 0.6 is 39.1 Å². The third-order valence-corrected chi connectivity index (χ3v) is 5.13. The van der Waals surface area contributed by atoms with Gasteiger partial charge in [-0.25, -0.2) is 8.42 Å². The maximum absolute atomic E-state index is 12.3. The second-order valence-electron chi connectivity index (χ2n) is 4.20. The van der Waals surface area contributed by atoms with Gasteiger partial charge in [0.25, 0.3) is 10.0 Å². The highest BCUT2D eigenvalue weighted by molar-refractivity contribution is 9.10. The lowest BCUT2D eigenvalue weighted by Crippen LogP contribution is -2.13. The molecule has 0 radical (unpaired) electrons. The zero-order valence-corrected chi connectivity index (χ0v) is 14.5. The Morgan fingerprint density at radius 2 is 1.62 bits per heavy atom. The van der Waals surface area contributed by atoms with Crippen molar-refractivity contribution in [3.05, 3.63) is 56.5 Å². The normalized spacial score (nSPS) is 11.4. The Bertz CT molecular complexity index is 741. The minimum absolute atomic E-state index is 0.106. The van der Waals surface area contributed by atoms with Crippen molar-refractivity contribution in [3.8, 4) is 0 Å². The minimum Gasteiger partial charge on any atom is -0.326 e. The molecule has 2 rings (SSSR count). The number of benzene rings is 2. The second kappa shape index (κ2) is 6.54. The number of nitrogens with one attached hydrogen (secondary N) is 1. The van der Waals surface area contributed by atoms with Crippen LogP contribution in [0.3, 0.4) is 0 Å². The van der Waals surface area contributed by atoms with Gasteiger partial charge in [0.2, 0.25) is 0 Å². The van der Waals surface area contributed by atoms with Crippen molar-refractivity contribution in [2.45, 2.75) is 11.4 Å². The van der Waals surface area contributed by atoms with Crippen LogP contribution < -0.4 is 10.5 Å². The monoisotopic (exact) mass is 408 g/mol. The molecule has 3 N–H and O–H groups in total. The SMILES string of the molecule is NCc1ccc(S(=O)(=O)Nc2c(Cl)cc(Br)cc2Cl)cc1. The lowest BCUT2D eigenvalue weighted by molar-refractivity contribution is 0.601. The molecule has 0 bridgehead atoms. The van der Waals surface area contributed by atoms with Crippen molar-refractivity contribution in [2.75, 3.05) is 4.72 Å². The standard InChI is InChI=1S/C13H11BrCl2N2O2S/c14-9-5-11(15)13(12(16)6-9)18-21(19,20)10-3-1-8(7-17)2-4-10/h1-6,18H,7,17H2. The van der Waals surface area contributed by atoms with E-state index in [0.29, 0.717) is 11.0 Å². The van der Waals surface area contributed by atoms with E-state index in [-0.39, 0.29) is 20.6 Å². The number of hydrogen-bond acceptors (Lipinski definition) is 3. The van der Waals surface area contributed by atoms with E-state index in [1.165, 1.54) is 12.1 Å². The van der Waals surface area contributed by atoms with Crippen LogP contribution in [0.1, 0.15) is 5.56 Å². The Morgan fingerprint density at radius 1 is 1.10 bits per heavy atom. The van der Waals surface area contributed by atoms with Crippen LogP contribution in [0.25, 0.3) is 0 Å². The first-order chi connectivity index (χ1) is 9.83. The summed E-state index contributed by atoms with van der Waals surface area (Å²) in [6, 6.07) is 9.38. The van der Waals surface area contributed by atoms with Gasteiger partial charge in [-0.3, -0.25) is 4.72 Å². The second-order valence-corrected chi connectivity index (χ2v) is 7.61. The van der Waals surface area contributed by atoms with Gasteiger partial charge in [0.05, 0.1) is 20.6 Å². The molecule has 0 aromatic heterocycles. The molecule has 0 saturated carbocycles. The first kappa shape index (κ1) is 16.6. The van der Waals surface area contributed by atoms with E-state index in [1.807, 2.05) is 0 Å². The highest BCUT2D eigenvalue weighted by Crippen LogP contribution is 2.35. The molecule has 0 unspecified atom stereocenters. The molecular weight excluding hydrogens is 399 g/mol. The number of nitrogens with two attached hydrogens (primary N) is 1. The van der Waals surface area contributed by atoms with Crippen LogP contribution in [0.2, 0.25) is 10.0 Å². The molecule has 0 fully saturated rings. The van der Waals surface area contributed by atoms with E-state index in [9.17, 15) is 8.42 Å². The van der Waals surface area contributed by atoms with Crippen LogP contribution in [0.4, 0.5) is 5.69 Å². The molecule has 2 aromatic rings. The van der Waals surface area contributed by atoms with E-state index in [0.717, 1.165) is 5.56 Å². The molecule has 112 valence electrons. The fourth-order valence-corrected chi connectivity index (χ4v) is 4.15. The average molecular weight is 410 g/mol. The minimum atomic E-state index is -3.77. The Balaban J connectivity index is 2.37. The fourth-order valence-electron chi connectivity index (χ4n) is 1.64. The average Bonchev–Trinajstić information content (AvgIpc) is 2.43. The number of rotatable bonds is 4. The van der Waals surface area contributed by atoms with Crippen molar-refractivity contribution < 1.29 is 8.42 Å². The molecule has 0 spiro atoms. The van der Waals surface area contributed by atoms with Crippen molar-refractivity contribution in [1.82, 2.24) is 0 Å². The molecule has 8 heteroatoms. The molecular formula is C13H11BrCl2N2O2S. The van der Waals surface area contributed by atoms with Gasteiger partial charge < -0.3 is 5.73 Å². The van der Waals surface area contributed by atoms with Gasteiger partial charge in [0.15, 0.2) is 0 Å². The number of hydrogen-bond donors (Lipinski definition) is 2. The van der Waals surface area contributed by atoms with E-state index < -0.39 is 10.0 Å². The first-order valence-corrected chi connectivity index (χ1v) is 8.83. The van der Waals surface area contributed by atoms with Crippen LogP contribution in [-0.4, -0.2) is 8.42 Å². The molecule has 0 saturated heterocycles. The van der Waals surface area contributed by atoms with E-state index in [1.54, 1.807) is 24.3 Å². The van der Waals surface area contributed by atoms with Crippen molar-refractivity contribution in [2.24, 2.45) is 5.73 Å². The van der Waals surface area contributed by atoms with Crippen molar-refractivity contribution in [1.29, 1.82) is 0 Å². The Morgan fingerprint density at radius 3 is 2.10 bits per heavy atom. The maximum Gasteiger partial charge on any atom is 0.261 e. The lowest BCUT2D eigenvalue weighted by Gasteiger charge is -2.12. The Kier molecular flexibility index (Phi) is 5.16. The highest BCUT2D eigenvalue weighted by Gasteiger charge is 2.18. The van der Waals surface area contributed by atoms with Crippen LogP contribution in [-0.2, 0) is 16.6 Å². The number of halogens is 3. The van der Waals surface area contributed by atoms with Gasteiger partial charge in [-0.2, -0.15) is 0 Å². The predicted molar refractivity (Wildman–Crippen MR) is 89.3 cm³/mol. The summed E-state index contributed by atoms with van der Waals surface area (Å²) >= 11 is 15.3. The molecule has 0 atom stereocenters. The van der Waals surface area contributed by atoms with Crippen LogP contribution in [0, 0.1) is 0 Å². The quantitative estimate of drug-likeness (QED) is 0.800. The van der Waals surface area contributed by atoms with Gasteiger partial charge >= 0.3 is 0 Å². The number of sulfonamides is 1. The first-order valence-electron chi connectivity index (χ1n) is 5.80. The van der Waals surface area contributed by atoms with Crippen molar-refractivity contribution in [3.63, 3.8) is 0 Å². The fraction of sp³-hybridized carbons (Fsp3) is 0.0769. The molecule has 0 heterocycles. The topological polar surface area (TPSA) is 72.2 Å². The van der Waals surface area contributed by atoms with E-state index in [2.05, 4.69) is 20.7 Å². The van der Waals surface area contributed by atoms with Gasteiger partial charge in [-0.15, -0.1) is 0 Å². The Hall–Kier alpha value is -0.790. The zero-order valence-electron chi connectivity index (χ0n) is 10.6. The smallest absolute Gasteiger partial charge is 0.261 e. The van der Waals surface area contributed by atoms with Gasteiger partial charge in [0.1, 0.15) is 0 Å². The third kappa shape index (κ3) is 3.90. The molecule has 0 aliphatic heterocycles. The summed E-state index contributed by atoms with van der Waals surface area (Å²) < 4.78 is 27.7. The molecule has 0 aliphatic rings. The summed E-state index contributed by atoms with van der Waals surface area (Å²) in [4.78, 5) is 0.106. The molecule has 21 heavy (non-hydrogen) atoms. The zero-order chi connectivity index (χ0) is 15.6. The summed E-state index contributed by atoms with van der Waals surface area (Å²) in [5, 5.41) is 0.410. The van der Waals surface area contributed by atoms with E-state index >= 15 is 0 Å². The summed E-state index contributed by atoms with van der Waals surface area (Å²) in [7, 11) is -3.77. The van der Waals surface area contributed by atoms with Gasteiger partial charge in [0, 0.05) is 11.0 Å². The van der Waals surface area contributed by atoms with E-state index in [4.69, 9.17) is 28.9 Å². The highest BCUT2D eigenvalue weighted by atomic mass is 79.9. The summed E-state index contributed by atoms with van der Waals surface area (Å²) in [6.07, 6.45) is 0. The van der Waals surface area contributed by atoms with Crippen LogP contribution in [0.15, 0.2) is 45.8 Å². The third-order valence-electron chi connectivity index (χ3n) is 2.71. The summed E-state index contributed by atoms with van der Waals surface area (Å²) in [6.45, 7) is 0.345. The summed E-state index contributed by atoms with van der Waals surface area (Å²) in [5.74, 6) is 0. The van der Waals surface area contributed by atoms with Gasteiger partial charge in [-0.1, -0.05) is 51.3 Å². The number of anilines is 1. The van der Waals surface area contributed by atoms with Gasteiger partial charge in [-0.05, 0) is 29.8 Å². The maximum atomic E-state index is 12.3. The molecule has 4 nitrogen and oxygen atoms in total. The van der Waals surface area contributed by atoms with Crippen molar-refractivity contribution >= 4 is 54.8 Å². The lowest BCUT2D eigenvalue weighted by atomic mass is 10.2. The largest absolute Gasteiger partial charge is 0.326 e. The van der Waals surface area contributed by atoms with Crippen LogP contribution in [0.5, 0.6) is 0 Å².